The van der Waals surface area contributed by atoms with Gasteiger partial charge in [0.15, 0.2) is 0 Å². The highest BCUT2D eigenvalue weighted by atomic mass is 35.5. The Balaban J connectivity index is 1.85. The fourth-order valence-electron chi connectivity index (χ4n) is 3.40. The van der Waals surface area contributed by atoms with Crippen molar-refractivity contribution in [3.05, 3.63) is 46.5 Å². The predicted molar refractivity (Wildman–Crippen MR) is 110 cm³/mol. The van der Waals surface area contributed by atoms with E-state index in [-0.39, 0.29) is 18.4 Å². The molecule has 0 bridgehead atoms. The molecule has 2 aromatic carbocycles. The van der Waals surface area contributed by atoms with Crippen molar-refractivity contribution in [2.45, 2.75) is 26.2 Å². The van der Waals surface area contributed by atoms with Gasteiger partial charge in [-0.05, 0) is 38.5 Å². The summed E-state index contributed by atoms with van der Waals surface area (Å²) >= 11 is 6.16. The molecule has 0 saturated carbocycles. The SMILES string of the molecule is COc1cc(OC)c(NC(=O)CN2C(=O)C(C)(C)c3cc(C)ccc32)cc1Cl. The molecule has 148 valence electrons. The second-order valence-corrected chi connectivity index (χ2v) is 7.68. The third kappa shape index (κ3) is 3.40. The van der Waals surface area contributed by atoms with Gasteiger partial charge in [0.2, 0.25) is 11.8 Å². The predicted octanol–water partition coefficient (Wildman–Crippen LogP) is 3.93. The minimum atomic E-state index is -0.678. The van der Waals surface area contributed by atoms with E-state index in [2.05, 4.69) is 5.32 Å². The maximum Gasteiger partial charge on any atom is 0.244 e. The normalized spacial score (nSPS) is 14.6. The monoisotopic (exact) mass is 402 g/mol. The lowest BCUT2D eigenvalue weighted by Crippen LogP contribution is -2.40. The molecule has 0 atom stereocenters. The van der Waals surface area contributed by atoms with Gasteiger partial charge in [0, 0.05) is 11.8 Å². The number of ether oxygens (including phenoxy) is 2. The molecule has 7 heteroatoms. The molecule has 0 radical (unpaired) electrons. The Morgan fingerprint density at radius 3 is 2.46 bits per heavy atom. The van der Waals surface area contributed by atoms with E-state index in [9.17, 15) is 9.59 Å². The van der Waals surface area contributed by atoms with Crippen molar-refractivity contribution in [1.82, 2.24) is 0 Å². The second kappa shape index (κ2) is 7.36. The number of carbonyl (C=O) groups excluding carboxylic acids is 2. The van der Waals surface area contributed by atoms with Crippen molar-refractivity contribution in [3.8, 4) is 11.5 Å². The molecule has 1 N–H and O–H groups in total. The van der Waals surface area contributed by atoms with Gasteiger partial charge in [0.25, 0.3) is 0 Å². The van der Waals surface area contributed by atoms with Crippen molar-refractivity contribution < 1.29 is 19.1 Å². The highest BCUT2D eigenvalue weighted by molar-refractivity contribution is 6.32. The molecule has 0 spiro atoms. The lowest BCUT2D eigenvalue weighted by Gasteiger charge is -2.20. The Morgan fingerprint density at radius 1 is 1.14 bits per heavy atom. The fraction of sp³-hybridized carbons (Fsp3) is 0.333. The van der Waals surface area contributed by atoms with Gasteiger partial charge in [-0.25, -0.2) is 0 Å². The number of nitrogens with zero attached hydrogens (tertiary/aromatic N) is 1. The third-order valence-electron chi connectivity index (χ3n) is 4.95. The van der Waals surface area contributed by atoms with Crippen LogP contribution in [0.25, 0.3) is 0 Å². The van der Waals surface area contributed by atoms with Gasteiger partial charge >= 0.3 is 0 Å². The molecule has 3 rings (SSSR count). The Hall–Kier alpha value is -2.73. The number of hydrogen-bond donors (Lipinski definition) is 1. The second-order valence-electron chi connectivity index (χ2n) is 7.27. The first-order valence-corrected chi connectivity index (χ1v) is 9.21. The van der Waals surface area contributed by atoms with Gasteiger partial charge < -0.3 is 19.7 Å². The molecule has 1 heterocycles. The number of carbonyl (C=O) groups is 2. The molecular weight excluding hydrogens is 380 g/mol. The van der Waals surface area contributed by atoms with Gasteiger partial charge in [-0.3, -0.25) is 9.59 Å². The zero-order valence-electron chi connectivity index (χ0n) is 16.6. The maximum absolute atomic E-state index is 12.9. The standard InChI is InChI=1S/C21H23ClN2O4/c1-12-6-7-16-13(8-12)21(2,3)20(26)24(16)11-19(25)23-15-9-14(22)17(27-4)10-18(15)28-5/h6-10H,11H2,1-5H3,(H,23,25). The molecule has 0 aliphatic carbocycles. The Labute approximate surface area is 169 Å². The molecule has 2 aromatic rings. The summed E-state index contributed by atoms with van der Waals surface area (Å²) in [5, 5.41) is 3.12. The van der Waals surface area contributed by atoms with Crippen LogP contribution in [0.5, 0.6) is 11.5 Å². The van der Waals surface area contributed by atoms with Crippen molar-refractivity contribution in [2.24, 2.45) is 0 Å². The van der Waals surface area contributed by atoms with Gasteiger partial charge in [-0.15, -0.1) is 0 Å². The summed E-state index contributed by atoms with van der Waals surface area (Å²) in [6.07, 6.45) is 0. The van der Waals surface area contributed by atoms with Crippen LogP contribution in [0.3, 0.4) is 0 Å². The van der Waals surface area contributed by atoms with Gasteiger partial charge in [0.1, 0.15) is 18.0 Å². The lowest BCUT2D eigenvalue weighted by atomic mass is 9.85. The van der Waals surface area contributed by atoms with Gasteiger partial charge in [-0.1, -0.05) is 29.3 Å². The molecule has 1 aliphatic heterocycles. The molecule has 0 unspecified atom stereocenters. The van der Waals surface area contributed by atoms with E-state index in [0.29, 0.717) is 22.2 Å². The van der Waals surface area contributed by atoms with E-state index in [1.807, 2.05) is 39.0 Å². The Kier molecular flexibility index (Phi) is 5.26. The molecule has 0 aromatic heterocycles. The first kappa shape index (κ1) is 20.0. The highest BCUT2D eigenvalue weighted by Crippen LogP contribution is 2.42. The third-order valence-corrected chi connectivity index (χ3v) is 5.24. The molecule has 0 saturated heterocycles. The van der Waals surface area contributed by atoms with Crippen LogP contribution in [-0.2, 0) is 15.0 Å². The number of hydrogen-bond acceptors (Lipinski definition) is 4. The summed E-state index contributed by atoms with van der Waals surface area (Å²) in [5.41, 5.74) is 2.49. The number of aryl methyl sites for hydroxylation is 1. The van der Waals surface area contributed by atoms with Crippen LogP contribution in [0.15, 0.2) is 30.3 Å². The molecule has 6 nitrogen and oxygen atoms in total. The zero-order valence-corrected chi connectivity index (χ0v) is 17.3. The topological polar surface area (TPSA) is 67.9 Å². The number of halogens is 1. The van der Waals surface area contributed by atoms with Crippen LogP contribution in [0.4, 0.5) is 11.4 Å². The lowest BCUT2D eigenvalue weighted by molar-refractivity contribution is -0.124. The summed E-state index contributed by atoms with van der Waals surface area (Å²) < 4.78 is 10.5. The van der Waals surface area contributed by atoms with Crippen molar-refractivity contribution >= 4 is 34.8 Å². The molecule has 0 fully saturated rings. The highest BCUT2D eigenvalue weighted by Gasteiger charge is 2.44. The Bertz CT molecular complexity index is 956. The number of benzene rings is 2. The summed E-state index contributed by atoms with van der Waals surface area (Å²) in [6, 6.07) is 8.97. The molecule has 28 heavy (non-hydrogen) atoms. The van der Waals surface area contributed by atoms with Crippen LogP contribution in [-0.4, -0.2) is 32.6 Å². The average Bonchev–Trinajstić information content (AvgIpc) is 2.82. The molecule has 2 amide bonds. The summed E-state index contributed by atoms with van der Waals surface area (Å²) in [5.74, 6) is 0.399. The minimum absolute atomic E-state index is 0.106. The van der Waals surface area contributed by atoms with Gasteiger partial charge in [0.05, 0.1) is 30.3 Å². The van der Waals surface area contributed by atoms with E-state index >= 15 is 0 Å². The minimum Gasteiger partial charge on any atom is -0.495 e. The molecule has 1 aliphatic rings. The quantitative estimate of drug-likeness (QED) is 0.822. The number of nitrogens with one attached hydrogen (secondary N) is 1. The van der Waals surface area contributed by atoms with Crippen LogP contribution < -0.4 is 19.7 Å². The van der Waals surface area contributed by atoms with E-state index < -0.39 is 5.41 Å². The van der Waals surface area contributed by atoms with E-state index in [1.54, 1.807) is 12.1 Å². The van der Waals surface area contributed by atoms with Crippen LogP contribution >= 0.6 is 11.6 Å². The van der Waals surface area contributed by atoms with E-state index in [0.717, 1.165) is 16.8 Å². The average molecular weight is 403 g/mol. The van der Waals surface area contributed by atoms with E-state index in [1.165, 1.54) is 19.1 Å². The number of anilines is 2. The smallest absolute Gasteiger partial charge is 0.244 e. The van der Waals surface area contributed by atoms with E-state index in [4.69, 9.17) is 21.1 Å². The zero-order chi connectivity index (χ0) is 20.6. The number of amides is 2. The van der Waals surface area contributed by atoms with Crippen molar-refractivity contribution in [2.75, 3.05) is 31.0 Å². The number of fused-ring (bicyclic) bond motifs is 1. The number of methoxy groups -OCH3 is 2. The first-order valence-electron chi connectivity index (χ1n) is 8.83. The largest absolute Gasteiger partial charge is 0.495 e. The Morgan fingerprint density at radius 2 is 1.82 bits per heavy atom. The first-order chi connectivity index (χ1) is 13.2. The summed E-state index contributed by atoms with van der Waals surface area (Å²) in [4.78, 5) is 27.1. The van der Waals surface area contributed by atoms with Crippen molar-refractivity contribution in [3.63, 3.8) is 0 Å². The summed E-state index contributed by atoms with van der Waals surface area (Å²) in [6.45, 7) is 5.62. The number of rotatable bonds is 5. The maximum atomic E-state index is 12.9. The van der Waals surface area contributed by atoms with Crippen molar-refractivity contribution in [1.29, 1.82) is 0 Å². The molecular formula is C21H23ClN2O4. The summed E-state index contributed by atoms with van der Waals surface area (Å²) in [7, 11) is 2.99. The van der Waals surface area contributed by atoms with Crippen LogP contribution in [0.2, 0.25) is 5.02 Å². The van der Waals surface area contributed by atoms with Crippen LogP contribution in [0.1, 0.15) is 25.0 Å². The fourth-order valence-corrected chi connectivity index (χ4v) is 3.64. The van der Waals surface area contributed by atoms with Crippen LogP contribution in [0, 0.1) is 6.92 Å². The van der Waals surface area contributed by atoms with Gasteiger partial charge in [-0.2, -0.15) is 0 Å².